The number of carboxylic acid groups (broad SMARTS) is 2. The fraction of sp³-hybridized carbons (Fsp3) is 0.143. The highest BCUT2D eigenvalue weighted by molar-refractivity contribution is 5.80. The summed E-state index contributed by atoms with van der Waals surface area (Å²) < 4.78 is 0. The van der Waals surface area contributed by atoms with Crippen LogP contribution in [-0.4, -0.2) is 22.2 Å². The van der Waals surface area contributed by atoms with Crippen LogP contribution < -0.4 is 0 Å². The van der Waals surface area contributed by atoms with Gasteiger partial charge in [-0.2, -0.15) is 0 Å². The normalized spacial score (nSPS) is 11.1. The molecule has 4 heteroatoms. The Labute approximate surface area is 105 Å². The Hall–Kier alpha value is -2.36. The minimum Gasteiger partial charge on any atom is -0.478 e. The maximum Gasteiger partial charge on any atom is 0.327 e. The Morgan fingerprint density at radius 1 is 0.833 bits per heavy atom. The van der Waals surface area contributed by atoms with E-state index < -0.39 is 11.9 Å². The molecule has 0 fully saturated rings. The van der Waals surface area contributed by atoms with Crippen LogP contribution in [0.25, 0.3) is 0 Å². The van der Waals surface area contributed by atoms with E-state index in [1.807, 2.05) is 24.3 Å². The second-order valence-corrected chi connectivity index (χ2v) is 3.71. The van der Waals surface area contributed by atoms with Gasteiger partial charge in [0.25, 0.3) is 0 Å². The second-order valence-electron chi connectivity index (χ2n) is 3.71. The van der Waals surface area contributed by atoms with Crippen molar-refractivity contribution in [2.24, 2.45) is 0 Å². The lowest BCUT2D eigenvalue weighted by Crippen LogP contribution is -1.89. The Morgan fingerprint density at radius 3 is 1.44 bits per heavy atom. The molecule has 0 saturated carbocycles. The van der Waals surface area contributed by atoms with Crippen LogP contribution in [0.1, 0.15) is 11.1 Å². The molecular weight excluding hydrogens is 232 g/mol. The summed E-state index contributed by atoms with van der Waals surface area (Å²) in [5.74, 6) is -1.91. The summed E-state index contributed by atoms with van der Waals surface area (Å²) in [5.41, 5.74) is 2.02. The summed E-state index contributed by atoms with van der Waals surface area (Å²) in [6.45, 7) is 0. The minimum absolute atomic E-state index is 0.567. The van der Waals surface area contributed by atoms with E-state index in [2.05, 4.69) is 0 Å². The first-order valence-corrected chi connectivity index (χ1v) is 5.44. The lowest BCUT2D eigenvalue weighted by atomic mass is 10.1. The molecule has 0 aliphatic heterocycles. The van der Waals surface area contributed by atoms with E-state index in [9.17, 15) is 9.59 Å². The topological polar surface area (TPSA) is 74.6 Å². The van der Waals surface area contributed by atoms with Gasteiger partial charge in [0.15, 0.2) is 0 Å². The van der Waals surface area contributed by atoms with Crippen molar-refractivity contribution in [3.05, 3.63) is 59.7 Å². The lowest BCUT2D eigenvalue weighted by Gasteiger charge is -1.99. The van der Waals surface area contributed by atoms with Gasteiger partial charge in [-0.15, -0.1) is 0 Å². The van der Waals surface area contributed by atoms with E-state index in [0.29, 0.717) is 12.8 Å². The third kappa shape index (κ3) is 5.65. The smallest absolute Gasteiger partial charge is 0.327 e. The monoisotopic (exact) mass is 246 g/mol. The molecule has 1 rings (SSSR count). The number of benzene rings is 1. The number of hydrogen-bond donors (Lipinski definition) is 2. The molecule has 0 amide bonds. The highest BCUT2D eigenvalue weighted by atomic mass is 16.4. The largest absolute Gasteiger partial charge is 0.478 e. The molecule has 0 aromatic heterocycles. The first-order valence-electron chi connectivity index (χ1n) is 5.44. The molecule has 0 aliphatic rings. The zero-order valence-electron chi connectivity index (χ0n) is 9.74. The Bertz CT molecular complexity index is 424. The second kappa shape index (κ2) is 7.06. The van der Waals surface area contributed by atoms with Crippen LogP contribution in [0, 0.1) is 0 Å². The van der Waals surface area contributed by atoms with Crippen LogP contribution in [0.5, 0.6) is 0 Å². The molecule has 0 spiro atoms. The molecule has 0 saturated heterocycles. The van der Waals surface area contributed by atoms with Crippen LogP contribution in [-0.2, 0) is 22.4 Å². The maximum absolute atomic E-state index is 10.3. The molecule has 2 N–H and O–H groups in total. The summed E-state index contributed by atoms with van der Waals surface area (Å²) in [4.78, 5) is 20.5. The van der Waals surface area contributed by atoms with E-state index in [-0.39, 0.29) is 0 Å². The summed E-state index contributed by atoms with van der Waals surface area (Å²) in [6, 6.07) is 7.60. The molecule has 0 unspecified atom stereocenters. The first kappa shape index (κ1) is 13.7. The van der Waals surface area contributed by atoms with Crippen molar-refractivity contribution in [3.8, 4) is 0 Å². The van der Waals surface area contributed by atoms with Gasteiger partial charge in [0, 0.05) is 12.2 Å². The van der Waals surface area contributed by atoms with Gasteiger partial charge in [0.05, 0.1) is 0 Å². The predicted molar refractivity (Wildman–Crippen MR) is 67.4 cm³/mol. The van der Waals surface area contributed by atoms with Crippen molar-refractivity contribution in [2.75, 3.05) is 0 Å². The summed E-state index contributed by atoms with van der Waals surface area (Å²) in [7, 11) is 0. The third-order valence-electron chi connectivity index (χ3n) is 2.25. The lowest BCUT2D eigenvalue weighted by molar-refractivity contribution is -0.132. The first-order chi connectivity index (χ1) is 8.58. The number of aliphatic carboxylic acids is 2. The molecule has 1 aromatic carbocycles. The standard InChI is InChI=1S/C14H14O4/c15-13(16)5-1-3-11-7-9-12(10-8-11)4-2-6-14(17)18/h1-2,5-10H,3-4H2,(H,15,16)(H,17,18). The molecule has 0 heterocycles. The van der Waals surface area contributed by atoms with E-state index in [0.717, 1.165) is 23.3 Å². The van der Waals surface area contributed by atoms with Gasteiger partial charge in [-0.05, 0) is 24.0 Å². The Morgan fingerprint density at radius 2 is 1.17 bits per heavy atom. The maximum atomic E-state index is 10.3. The van der Waals surface area contributed by atoms with Crippen LogP contribution in [0.4, 0.5) is 0 Å². The van der Waals surface area contributed by atoms with E-state index in [1.165, 1.54) is 0 Å². The van der Waals surface area contributed by atoms with Gasteiger partial charge in [-0.1, -0.05) is 36.4 Å². The number of carboxylic acids is 2. The van der Waals surface area contributed by atoms with Gasteiger partial charge in [0.1, 0.15) is 0 Å². The fourth-order valence-electron chi connectivity index (χ4n) is 1.40. The van der Waals surface area contributed by atoms with Crippen molar-refractivity contribution in [2.45, 2.75) is 12.8 Å². The van der Waals surface area contributed by atoms with E-state index >= 15 is 0 Å². The number of allylic oxidation sites excluding steroid dienone is 2. The highest BCUT2D eigenvalue weighted by Crippen LogP contribution is 2.07. The number of carbonyl (C=O) groups is 2. The molecular formula is C14H14O4. The third-order valence-corrected chi connectivity index (χ3v) is 2.25. The SMILES string of the molecule is O=C(O)C=CCc1ccc(CC=CC(=O)O)cc1. The average molecular weight is 246 g/mol. The molecule has 0 radical (unpaired) electrons. The van der Waals surface area contributed by atoms with E-state index in [1.54, 1.807) is 12.2 Å². The minimum atomic E-state index is -0.953. The van der Waals surface area contributed by atoms with Crippen molar-refractivity contribution in [1.29, 1.82) is 0 Å². The Kier molecular flexibility index (Phi) is 5.38. The van der Waals surface area contributed by atoms with Crippen LogP contribution in [0.15, 0.2) is 48.6 Å². The van der Waals surface area contributed by atoms with Crippen molar-refractivity contribution < 1.29 is 19.8 Å². The fourth-order valence-corrected chi connectivity index (χ4v) is 1.40. The van der Waals surface area contributed by atoms with Crippen molar-refractivity contribution >= 4 is 11.9 Å². The molecule has 0 bridgehead atoms. The molecule has 4 nitrogen and oxygen atoms in total. The van der Waals surface area contributed by atoms with Crippen LogP contribution >= 0.6 is 0 Å². The summed E-state index contributed by atoms with van der Waals surface area (Å²) in [6.07, 6.45) is 6.53. The molecule has 0 aliphatic carbocycles. The summed E-state index contributed by atoms with van der Waals surface area (Å²) in [5, 5.41) is 16.9. The average Bonchev–Trinajstić information content (AvgIpc) is 2.30. The van der Waals surface area contributed by atoms with Gasteiger partial charge in [-0.25, -0.2) is 9.59 Å². The zero-order valence-corrected chi connectivity index (χ0v) is 9.74. The zero-order chi connectivity index (χ0) is 13.4. The van der Waals surface area contributed by atoms with E-state index in [4.69, 9.17) is 10.2 Å². The molecule has 94 valence electrons. The number of rotatable bonds is 6. The van der Waals surface area contributed by atoms with Crippen LogP contribution in [0.2, 0.25) is 0 Å². The van der Waals surface area contributed by atoms with Gasteiger partial charge in [0.2, 0.25) is 0 Å². The van der Waals surface area contributed by atoms with Crippen molar-refractivity contribution in [1.82, 2.24) is 0 Å². The molecule has 1 aromatic rings. The Balaban J connectivity index is 2.52. The molecule has 18 heavy (non-hydrogen) atoms. The molecule has 0 atom stereocenters. The number of hydrogen-bond acceptors (Lipinski definition) is 2. The highest BCUT2D eigenvalue weighted by Gasteiger charge is 1.93. The predicted octanol–water partition coefficient (Wildman–Crippen LogP) is 2.05. The quantitative estimate of drug-likeness (QED) is 0.753. The van der Waals surface area contributed by atoms with Crippen molar-refractivity contribution in [3.63, 3.8) is 0 Å². The van der Waals surface area contributed by atoms with Gasteiger partial charge < -0.3 is 10.2 Å². The summed E-state index contributed by atoms with van der Waals surface area (Å²) >= 11 is 0. The van der Waals surface area contributed by atoms with Crippen LogP contribution in [0.3, 0.4) is 0 Å². The van der Waals surface area contributed by atoms with Gasteiger partial charge in [-0.3, -0.25) is 0 Å². The van der Waals surface area contributed by atoms with Gasteiger partial charge >= 0.3 is 11.9 Å².